The van der Waals surface area contributed by atoms with Crippen LogP contribution in [0.4, 0.5) is 0 Å². The monoisotopic (exact) mass is 207 g/mol. The van der Waals surface area contributed by atoms with Crippen molar-refractivity contribution in [2.75, 3.05) is 0 Å². The molecule has 0 atom stereocenters. The van der Waals surface area contributed by atoms with E-state index in [0.29, 0.717) is 0 Å². The molecule has 2 rings (SSSR count). The summed E-state index contributed by atoms with van der Waals surface area (Å²) in [6, 6.07) is 14.3. The Labute approximate surface area is 96.2 Å². The van der Waals surface area contributed by atoms with Crippen LogP contribution in [0, 0.1) is 12.3 Å². The van der Waals surface area contributed by atoms with Crippen molar-refractivity contribution in [2.45, 2.75) is 12.8 Å². The maximum atomic E-state index is 5.26. The van der Waals surface area contributed by atoms with E-state index in [1.807, 2.05) is 30.5 Å². The summed E-state index contributed by atoms with van der Waals surface area (Å²) in [5.41, 5.74) is 3.40. The Balaban J connectivity index is 2.26. The van der Waals surface area contributed by atoms with E-state index < -0.39 is 0 Å². The molecule has 0 bridgehead atoms. The number of aromatic nitrogens is 1. The third-order valence-corrected chi connectivity index (χ3v) is 2.45. The van der Waals surface area contributed by atoms with Gasteiger partial charge in [-0.1, -0.05) is 30.3 Å². The first kappa shape index (κ1) is 10.4. The number of benzene rings is 1. The first-order valence-electron chi connectivity index (χ1n) is 5.34. The van der Waals surface area contributed by atoms with Gasteiger partial charge in [-0.25, -0.2) is 0 Å². The van der Waals surface area contributed by atoms with Crippen LogP contribution < -0.4 is 0 Å². The lowest BCUT2D eigenvalue weighted by Gasteiger charge is -2.03. The van der Waals surface area contributed by atoms with E-state index in [9.17, 15) is 0 Å². The van der Waals surface area contributed by atoms with Crippen molar-refractivity contribution < 1.29 is 0 Å². The molecule has 1 aromatic heterocycles. The topological polar surface area (TPSA) is 12.9 Å². The Kier molecular flexibility index (Phi) is 3.35. The summed E-state index contributed by atoms with van der Waals surface area (Å²) in [7, 11) is 0. The van der Waals surface area contributed by atoms with E-state index in [1.54, 1.807) is 0 Å². The lowest BCUT2D eigenvalue weighted by Crippen LogP contribution is -1.88. The van der Waals surface area contributed by atoms with E-state index >= 15 is 0 Å². The second kappa shape index (κ2) is 5.14. The van der Waals surface area contributed by atoms with Gasteiger partial charge in [-0.15, -0.1) is 12.3 Å². The van der Waals surface area contributed by atoms with Gasteiger partial charge >= 0.3 is 0 Å². The van der Waals surface area contributed by atoms with Crippen LogP contribution in [0.2, 0.25) is 0 Å². The molecule has 0 fully saturated rings. The van der Waals surface area contributed by atoms with Gasteiger partial charge in [-0.3, -0.25) is 4.98 Å². The molecule has 0 aliphatic rings. The molecule has 0 aliphatic heterocycles. The number of pyridine rings is 1. The zero-order valence-electron chi connectivity index (χ0n) is 9.06. The molecule has 0 spiro atoms. The van der Waals surface area contributed by atoms with Crippen molar-refractivity contribution in [1.82, 2.24) is 4.98 Å². The Bertz CT molecular complexity index is 494. The average molecular weight is 207 g/mol. The molecule has 1 heteroatoms. The highest BCUT2D eigenvalue weighted by molar-refractivity contribution is 5.59. The zero-order valence-corrected chi connectivity index (χ0v) is 9.06. The Morgan fingerprint density at radius 3 is 2.69 bits per heavy atom. The van der Waals surface area contributed by atoms with Crippen molar-refractivity contribution >= 4 is 0 Å². The van der Waals surface area contributed by atoms with Gasteiger partial charge in [0.15, 0.2) is 0 Å². The standard InChI is InChI=1S/C15H13N/c1-2-3-7-13-10-11-16-15(12-13)14-8-5-4-6-9-14/h1,4-6,8-12H,3,7H2. The van der Waals surface area contributed by atoms with Crippen molar-refractivity contribution in [1.29, 1.82) is 0 Å². The third-order valence-electron chi connectivity index (χ3n) is 2.45. The molecule has 0 unspecified atom stereocenters. The van der Waals surface area contributed by atoms with E-state index in [-0.39, 0.29) is 0 Å². The molecule has 0 N–H and O–H groups in total. The summed E-state index contributed by atoms with van der Waals surface area (Å²) >= 11 is 0. The first-order valence-corrected chi connectivity index (χ1v) is 5.34. The fourth-order valence-corrected chi connectivity index (χ4v) is 1.61. The van der Waals surface area contributed by atoms with Gasteiger partial charge in [0.2, 0.25) is 0 Å². The number of aryl methyl sites for hydroxylation is 1. The van der Waals surface area contributed by atoms with Crippen LogP contribution in [-0.4, -0.2) is 4.98 Å². The molecule has 0 saturated heterocycles. The van der Waals surface area contributed by atoms with E-state index in [1.165, 1.54) is 5.56 Å². The molecule has 0 radical (unpaired) electrons. The largest absolute Gasteiger partial charge is 0.256 e. The maximum Gasteiger partial charge on any atom is 0.0704 e. The normalized spacial score (nSPS) is 9.69. The molecule has 0 aliphatic carbocycles. The number of rotatable bonds is 3. The second-order valence-corrected chi connectivity index (χ2v) is 3.62. The van der Waals surface area contributed by atoms with Crippen LogP contribution in [0.1, 0.15) is 12.0 Å². The van der Waals surface area contributed by atoms with Crippen LogP contribution in [-0.2, 0) is 6.42 Å². The molecule has 0 amide bonds. The van der Waals surface area contributed by atoms with Gasteiger partial charge in [0.25, 0.3) is 0 Å². The van der Waals surface area contributed by atoms with Gasteiger partial charge < -0.3 is 0 Å². The zero-order chi connectivity index (χ0) is 11.2. The van der Waals surface area contributed by atoms with Crippen molar-refractivity contribution in [3.63, 3.8) is 0 Å². The summed E-state index contributed by atoms with van der Waals surface area (Å²) in [5.74, 6) is 2.66. The Morgan fingerprint density at radius 1 is 1.12 bits per heavy atom. The molecular formula is C15H13N. The number of terminal acetylenes is 1. The molecule has 16 heavy (non-hydrogen) atoms. The minimum absolute atomic E-state index is 0.776. The average Bonchev–Trinajstić information content (AvgIpc) is 2.38. The summed E-state index contributed by atoms with van der Waals surface area (Å²) in [6.07, 6.45) is 8.79. The predicted octanol–water partition coefficient (Wildman–Crippen LogP) is 3.31. The molecule has 1 aromatic carbocycles. The number of hydrogen-bond acceptors (Lipinski definition) is 1. The van der Waals surface area contributed by atoms with Gasteiger partial charge in [0, 0.05) is 18.2 Å². The second-order valence-electron chi connectivity index (χ2n) is 3.62. The van der Waals surface area contributed by atoms with Crippen molar-refractivity contribution in [2.24, 2.45) is 0 Å². The number of nitrogens with zero attached hydrogens (tertiary/aromatic N) is 1. The molecule has 78 valence electrons. The SMILES string of the molecule is C#CCCc1ccnc(-c2ccccc2)c1. The van der Waals surface area contributed by atoms with E-state index in [0.717, 1.165) is 24.1 Å². The molecule has 1 heterocycles. The molecule has 1 nitrogen and oxygen atoms in total. The van der Waals surface area contributed by atoms with Crippen LogP contribution in [0.3, 0.4) is 0 Å². The summed E-state index contributed by atoms with van der Waals surface area (Å²) < 4.78 is 0. The lowest BCUT2D eigenvalue weighted by atomic mass is 10.1. The van der Waals surface area contributed by atoms with Crippen LogP contribution in [0.15, 0.2) is 48.7 Å². The van der Waals surface area contributed by atoms with E-state index in [2.05, 4.69) is 29.1 Å². The maximum absolute atomic E-state index is 5.26. The quantitative estimate of drug-likeness (QED) is 0.704. The highest BCUT2D eigenvalue weighted by Crippen LogP contribution is 2.17. The minimum atomic E-state index is 0.776. The van der Waals surface area contributed by atoms with Crippen molar-refractivity contribution in [3.8, 4) is 23.6 Å². The van der Waals surface area contributed by atoms with Gasteiger partial charge in [-0.2, -0.15) is 0 Å². The molecule has 2 aromatic rings. The smallest absolute Gasteiger partial charge is 0.0704 e. The lowest BCUT2D eigenvalue weighted by molar-refractivity contribution is 1.02. The van der Waals surface area contributed by atoms with Gasteiger partial charge in [-0.05, 0) is 24.1 Å². The van der Waals surface area contributed by atoms with Crippen LogP contribution in [0.25, 0.3) is 11.3 Å². The highest BCUT2D eigenvalue weighted by Gasteiger charge is 1.99. The van der Waals surface area contributed by atoms with Gasteiger partial charge in [0.1, 0.15) is 0 Å². The summed E-state index contributed by atoms with van der Waals surface area (Å²) in [6.45, 7) is 0. The predicted molar refractivity (Wildman–Crippen MR) is 66.8 cm³/mol. The molecular weight excluding hydrogens is 194 g/mol. The highest BCUT2D eigenvalue weighted by atomic mass is 14.7. The fourth-order valence-electron chi connectivity index (χ4n) is 1.61. The minimum Gasteiger partial charge on any atom is -0.256 e. The summed E-state index contributed by atoms with van der Waals surface area (Å²) in [5, 5.41) is 0. The Hall–Kier alpha value is -2.07. The summed E-state index contributed by atoms with van der Waals surface area (Å²) in [4.78, 5) is 4.37. The van der Waals surface area contributed by atoms with Crippen LogP contribution in [0.5, 0.6) is 0 Å². The Morgan fingerprint density at radius 2 is 1.94 bits per heavy atom. The fraction of sp³-hybridized carbons (Fsp3) is 0.133. The first-order chi connectivity index (χ1) is 7.90. The molecule has 0 saturated carbocycles. The van der Waals surface area contributed by atoms with Crippen molar-refractivity contribution in [3.05, 3.63) is 54.2 Å². The number of hydrogen-bond donors (Lipinski definition) is 0. The third kappa shape index (κ3) is 2.49. The van der Waals surface area contributed by atoms with Crippen LogP contribution >= 0.6 is 0 Å². The van der Waals surface area contributed by atoms with Gasteiger partial charge in [0.05, 0.1) is 5.69 Å². The van der Waals surface area contributed by atoms with E-state index in [4.69, 9.17) is 6.42 Å².